The zero-order valence-corrected chi connectivity index (χ0v) is 14.3. The molecule has 0 radical (unpaired) electrons. The summed E-state index contributed by atoms with van der Waals surface area (Å²) in [4.78, 5) is 4.37. The number of hydrogen-bond donors (Lipinski definition) is 1. The number of thiazole rings is 1. The van der Waals surface area contributed by atoms with E-state index in [4.69, 9.17) is 15.2 Å². The second-order valence-corrected chi connectivity index (χ2v) is 6.11. The Kier molecular flexibility index (Phi) is 6.21. The predicted octanol–water partition coefficient (Wildman–Crippen LogP) is 4.67. The largest absolute Gasteiger partial charge is 0.496 e. The molecule has 0 aliphatic carbocycles. The molecule has 5 heteroatoms. The number of anilines is 1. The quantitative estimate of drug-likeness (QED) is 0.718. The maximum atomic E-state index is 5.75. The average Bonchev–Trinajstić information content (AvgIpc) is 2.97. The van der Waals surface area contributed by atoms with E-state index in [0.29, 0.717) is 5.13 Å². The van der Waals surface area contributed by atoms with Gasteiger partial charge < -0.3 is 15.2 Å². The molecule has 0 aliphatic rings. The fraction of sp³-hybridized carbons (Fsp3) is 0.471. The molecular formula is C17H24N2O2S. The van der Waals surface area contributed by atoms with Crippen molar-refractivity contribution in [1.29, 1.82) is 0 Å². The van der Waals surface area contributed by atoms with Crippen LogP contribution in [-0.4, -0.2) is 19.2 Å². The predicted molar refractivity (Wildman–Crippen MR) is 92.4 cm³/mol. The molecule has 1 aromatic heterocycles. The number of hydrogen-bond acceptors (Lipinski definition) is 5. The minimum Gasteiger partial charge on any atom is -0.496 e. The van der Waals surface area contributed by atoms with Gasteiger partial charge in [0.25, 0.3) is 0 Å². The van der Waals surface area contributed by atoms with Crippen molar-refractivity contribution in [3.63, 3.8) is 0 Å². The van der Waals surface area contributed by atoms with Crippen LogP contribution in [0.1, 0.15) is 44.3 Å². The van der Waals surface area contributed by atoms with Crippen molar-refractivity contribution in [2.75, 3.05) is 20.0 Å². The summed E-state index contributed by atoms with van der Waals surface area (Å²) < 4.78 is 11.4. The van der Waals surface area contributed by atoms with Crippen molar-refractivity contribution >= 4 is 16.5 Å². The van der Waals surface area contributed by atoms with Gasteiger partial charge in [0, 0.05) is 23.6 Å². The number of para-hydroxylation sites is 1. The van der Waals surface area contributed by atoms with E-state index in [9.17, 15) is 0 Å². The molecule has 2 aromatic rings. The zero-order valence-electron chi connectivity index (χ0n) is 13.5. The number of benzene rings is 1. The van der Waals surface area contributed by atoms with Crippen LogP contribution in [-0.2, 0) is 4.74 Å². The summed E-state index contributed by atoms with van der Waals surface area (Å²) in [6.07, 6.45) is 4.59. The van der Waals surface area contributed by atoms with Gasteiger partial charge in [-0.3, -0.25) is 0 Å². The Morgan fingerprint density at radius 1 is 1.27 bits per heavy atom. The second-order valence-electron chi connectivity index (χ2n) is 5.22. The van der Waals surface area contributed by atoms with E-state index < -0.39 is 0 Å². The number of nitrogens with two attached hydrogens (primary N) is 1. The summed E-state index contributed by atoms with van der Waals surface area (Å²) in [7, 11) is 3.44. The second kappa shape index (κ2) is 8.15. The highest BCUT2D eigenvalue weighted by Crippen LogP contribution is 2.39. The highest BCUT2D eigenvalue weighted by molar-refractivity contribution is 7.13. The lowest BCUT2D eigenvalue weighted by Gasteiger charge is -2.20. The first-order valence-electron chi connectivity index (χ1n) is 7.62. The Morgan fingerprint density at radius 2 is 2.09 bits per heavy atom. The maximum Gasteiger partial charge on any atom is 0.180 e. The van der Waals surface area contributed by atoms with Gasteiger partial charge in [0.15, 0.2) is 5.13 Å². The number of nitrogens with zero attached hydrogens (tertiary/aromatic N) is 1. The lowest BCUT2D eigenvalue weighted by molar-refractivity contribution is 0.0909. The van der Waals surface area contributed by atoms with Crippen LogP contribution in [0.3, 0.4) is 0 Å². The van der Waals surface area contributed by atoms with Crippen LogP contribution in [0.4, 0.5) is 5.13 Å². The smallest absolute Gasteiger partial charge is 0.180 e. The Labute approximate surface area is 136 Å². The van der Waals surface area contributed by atoms with Crippen LogP contribution in [0.2, 0.25) is 0 Å². The standard InChI is InChI=1S/C17H24N2O2S/c1-4-5-6-10-15(20-2)13-9-7-8-12(16(13)21-3)14-11-22-17(18)19-14/h7-9,11,15H,4-6,10H2,1-3H3,(H2,18,19). The van der Waals surface area contributed by atoms with Gasteiger partial charge in [0.2, 0.25) is 0 Å². The Bertz CT molecular complexity index is 598. The van der Waals surface area contributed by atoms with Gasteiger partial charge in [-0.25, -0.2) is 4.98 Å². The van der Waals surface area contributed by atoms with Crippen LogP contribution in [0.15, 0.2) is 23.6 Å². The first-order chi connectivity index (χ1) is 10.7. The van der Waals surface area contributed by atoms with E-state index in [2.05, 4.69) is 18.0 Å². The van der Waals surface area contributed by atoms with Crippen molar-refractivity contribution in [3.05, 3.63) is 29.1 Å². The number of nitrogen functional groups attached to an aromatic ring is 1. The Balaban J connectivity index is 2.34. The van der Waals surface area contributed by atoms with E-state index in [1.807, 2.05) is 17.5 Å². The molecule has 1 unspecified atom stereocenters. The van der Waals surface area contributed by atoms with E-state index in [-0.39, 0.29) is 6.10 Å². The highest BCUT2D eigenvalue weighted by atomic mass is 32.1. The third-order valence-corrected chi connectivity index (χ3v) is 4.42. The van der Waals surface area contributed by atoms with Gasteiger partial charge in [-0.1, -0.05) is 38.3 Å². The number of ether oxygens (including phenoxy) is 2. The molecule has 4 nitrogen and oxygen atoms in total. The molecular weight excluding hydrogens is 296 g/mol. The fourth-order valence-corrected chi connectivity index (χ4v) is 3.19. The molecule has 1 aromatic carbocycles. The van der Waals surface area contributed by atoms with Crippen LogP contribution in [0.25, 0.3) is 11.3 Å². The van der Waals surface area contributed by atoms with Gasteiger partial charge in [0.05, 0.1) is 18.9 Å². The summed E-state index contributed by atoms with van der Waals surface area (Å²) in [5.41, 5.74) is 8.64. The molecule has 1 atom stereocenters. The summed E-state index contributed by atoms with van der Waals surface area (Å²) in [5.74, 6) is 0.830. The zero-order chi connectivity index (χ0) is 15.9. The Morgan fingerprint density at radius 3 is 2.68 bits per heavy atom. The normalized spacial score (nSPS) is 12.3. The molecule has 0 spiro atoms. The molecule has 1 heterocycles. The third kappa shape index (κ3) is 3.78. The van der Waals surface area contributed by atoms with Crippen molar-refractivity contribution in [2.24, 2.45) is 0 Å². The molecule has 0 saturated heterocycles. The topological polar surface area (TPSA) is 57.4 Å². The number of aromatic nitrogens is 1. The van der Waals surface area contributed by atoms with Crippen LogP contribution in [0.5, 0.6) is 5.75 Å². The lowest BCUT2D eigenvalue weighted by Crippen LogP contribution is -2.05. The van der Waals surface area contributed by atoms with Crippen molar-refractivity contribution in [2.45, 2.75) is 38.7 Å². The van der Waals surface area contributed by atoms with Gasteiger partial charge in [0.1, 0.15) is 5.75 Å². The molecule has 2 N–H and O–H groups in total. The van der Waals surface area contributed by atoms with E-state index in [0.717, 1.165) is 35.4 Å². The SMILES string of the molecule is CCCCCC(OC)c1cccc(-c2csc(N)n2)c1OC. The van der Waals surface area contributed by atoms with Crippen LogP contribution >= 0.6 is 11.3 Å². The maximum absolute atomic E-state index is 5.75. The van der Waals surface area contributed by atoms with Gasteiger partial charge in [-0.05, 0) is 12.5 Å². The first-order valence-corrected chi connectivity index (χ1v) is 8.50. The minimum absolute atomic E-state index is 0.0393. The van der Waals surface area contributed by atoms with E-state index in [1.165, 1.54) is 24.2 Å². The minimum atomic E-state index is 0.0393. The summed E-state index contributed by atoms with van der Waals surface area (Å²) >= 11 is 1.44. The van der Waals surface area contributed by atoms with E-state index >= 15 is 0 Å². The molecule has 0 saturated carbocycles. The number of rotatable bonds is 8. The van der Waals surface area contributed by atoms with Gasteiger partial charge >= 0.3 is 0 Å². The van der Waals surface area contributed by atoms with E-state index in [1.54, 1.807) is 14.2 Å². The third-order valence-electron chi connectivity index (χ3n) is 3.75. The number of unbranched alkanes of at least 4 members (excludes halogenated alkanes) is 2. The van der Waals surface area contributed by atoms with Gasteiger partial charge in [-0.15, -0.1) is 11.3 Å². The van der Waals surface area contributed by atoms with Crippen molar-refractivity contribution in [1.82, 2.24) is 4.98 Å². The lowest BCUT2D eigenvalue weighted by atomic mass is 9.98. The van der Waals surface area contributed by atoms with Crippen molar-refractivity contribution < 1.29 is 9.47 Å². The average molecular weight is 320 g/mol. The van der Waals surface area contributed by atoms with Gasteiger partial charge in [-0.2, -0.15) is 0 Å². The Hall–Kier alpha value is -1.59. The fourth-order valence-electron chi connectivity index (χ4n) is 2.63. The summed E-state index contributed by atoms with van der Waals surface area (Å²) in [5, 5.41) is 2.52. The van der Waals surface area contributed by atoms with Crippen molar-refractivity contribution in [3.8, 4) is 17.0 Å². The highest BCUT2D eigenvalue weighted by Gasteiger charge is 2.19. The molecule has 22 heavy (non-hydrogen) atoms. The molecule has 120 valence electrons. The summed E-state index contributed by atoms with van der Waals surface area (Å²) in [6.45, 7) is 2.20. The van der Waals surface area contributed by atoms with Crippen LogP contribution < -0.4 is 10.5 Å². The molecule has 0 amide bonds. The molecule has 0 aliphatic heterocycles. The molecule has 0 bridgehead atoms. The number of methoxy groups -OCH3 is 2. The van der Waals surface area contributed by atoms with Crippen LogP contribution in [0, 0.1) is 0 Å². The monoisotopic (exact) mass is 320 g/mol. The molecule has 0 fully saturated rings. The first kappa shape index (κ1) is 16.8. The summed E-state index contributed by atoms with van der Waals surface area (Å²) in [6, 6.07) is 6.10. The molecule has 2 rings (SSSR count).